The topological polar surface area (TPSA) is 109 Å². The lowest BCUT2D eigenvalue weighted by atomic mass is 10.5. The number of carboxylic acids is 2. The maximum atomic E-state index is 9.98. The molecular formula is C4H3NO5-2. The molecular weight excluding hydrogens is 142 g/mol. The molecule has 1 amide bonds. The van der Waals surface area contributed by atoms with E-state index < -0.39 is 24.4 Å². The molecule has 0 saturated heterocycles. The Balaban J connectivity index is 3.60. The number of hydrogen-bond donors (Lipinski definition) is 1. The molecule has 0 fully saturated rings. The third kappa shape index (κ3) is 3.42. The largest absolute Gasteiger partial charge is 0.548 e. The van der Waals surface area contributed by atoms with E-state index in [1.165, 1.54) is 5.32 Å². The molecule has 56 valence electrons. The molecule has 10 heavy (non-hydrogen) atoms. The van der Waals surface area contributed by atoms with Crippen molar-refractivity contribution >= 4 is 17.8 Å². The second-order valence-corrected chi connectivity index (χ2v) is 1.34. The fourth-order valence-corrected chi connectivity index (χ4v) is 0.225. The Bertz CT molecular complexity index is 174. The Morgan fingerprint density at radius 3 is 2.00 bits per heavy atom. The molecule has 0 bridgehead atoms. The predicted octanol–water partition coefficient (Wildman–Crippen LogP) is -4.40. The van der Waals surface area contributed by atoms with Gasteiger partial charge in [-0.25, -0.2) is 0 Å². The minimum absolute atomic E-state index is 0.827. The zero-order valence-electron chi connectivity index (χ0n) is 4.75. The summed E-state index contributed by atoms with van der Waals surface area (Å²) in [6, 6.07) is 0. The van der Waals surface area contributed by atoms with Crippen LogP contribution in [0.15, 0.2) is 0 Å². The van der Waals surface area contributed by atoms with E-state index in [2.05, 4.69) is 0 Å². The Kier molecular flexibility index (Phi) is 2.89. The summed E-state index contributed by atoms with van der Waals surface area (Å²) in [6.45, 7) is -0.827. The minimum atomic E-state index is -1.97. The number of carbonyl (C=O) groups is 3. The highest BCUT2D eigenvalue weighted by atomic mass is 16.4. The summed E-state index contributed by atoms with van der Waals surface area (Å²) in [4.78, 5) is 29.1. The Morgan fingerprint density at radius 2 is 1.70 bits per heavy atom. The third-order valence-electron chi connectivity index (χ3n) is 0.579. The Morgan fingerprint density at radius 1 is 1.20 bits per heavy atom. The molecule has 0 aliphatic heterocycles. The summed E-state index contributed by atoms with van der Waals surface area (Å²) in [6.07, 6.45) is 0. The Labute approximate surface area is 55.5 Å². The predicted molar refractivity (Wildman–Crippen MR) is 23.0 cm³/mol. The number of amides is 1. The van der Waals surface area contributed by atoms with Crippen molar-refractivity contribution in [2.75, 3.05) is 6.54 Å². The molecule has 6 nitrogen and oxygen atoms in total. The van der Waals surface area contributed by atoms with Crippen molar-refractivity contribution in [3.05, 3.63) is 0 Å². The van der Waals surface area contributed by atoms with Crippen molar-refractivity contribution in [3.63, 3.8) is 0 Å². The molecule has 0 aromatic heterocycles. The van der Waals surface area contributed by atoms with Gasteiger partial charge in [-0.3, -0.25) is 4.79 Å². The van der Waals surface area contributed by atoms with E-state index in [1.807, 2.05) is 0 Å². The molecule has 0 aromatic rings. The average Bonchev–Trinajstić information content (AvgIpc) is 1.82. The first-order valence-electron chi connectivity index (χ1n) is 2.23. The van der Waals surface area contributed by atoms with Crippen LogP contribution in [0.4, 0.5) is 0 Å². The maximum Gasteiger partial charge on any atom is 0.267 e. The lowest BCUT2D eigenvalue weighted by Crippen LogP contribution is -2.45. The van der Waals surface area contributed by atoms with Crippen molar-refractivity contribution in [1.82, 2.24) is 5.32 Å². The van der Waals surface area contributed by atoms with E-state index >= 15 is 0 Å². The number of carbonyl (C=O) groups excluding carboxylic acids is 3. The number of carboxylic acid groups (broad SMARTS) is 2. The lowest BCUT2D eigenvalue weighted by molar-refractivity contribution is -0.304. The van der Waals surface area contributed by atoms with Gasteiger partial charge in [-0.15, -0.1) is 0 Å². The van der Waals surface area contributed by atoms with E-state index in [0.29, 0.717) is 0 Å². The van der Waals surface area contributed by atoms with Crippen LogP contribution < -0.4 is 15.5 Å². The summed E-state index contributed by atoms with van der Waals surface area (Å²) in [5.74, 6) is -5.00. The minimum Gasteiger partial charge on any atom is -0.548 e. The first-order valence-corrected chi connectivity index (χ1v) is 2.23. The van der Waals surface area contributed by atoms with Gasteiger partial charge in [-0.05, 0) is 0 Å². The normalized spacial score (nSPS) is 8.40. The fraction of sp³-hybridized carbons (Fsp3) is 0.250. The van der Waals surface area contributed by atoms with E-state index in [1.54, 1.807) is 0 Å². The van der Waals surface area contributed by atoms with Gasteiger partial charge in [0.25, 0.3) is 5.91 Å². The van der Waals surface area contributed by atoms with Crippen LogP contribution in [0.3, 0.4) is 0 Å². The van der Waals surface area contributed by atoms with Crippen molar-refractivity contribution < 1.29 is 24.6 Å². The van der Waals surface area contributed by atoms with Crippen LogP contribution in [0, 0.1) is 0 Å². The van der Waals surface area contributed by atoms with Gasteiger partial charge in [0.05, 0.1) is 12.5 Å². The molecule has 0 aliphatic rings. The number of aliphatic carboxylic acids is 2. The first-order chi connectivity index (χ1) is 4.54. The second kappa shape index (κ2) is 3.44. The SMILES string of the molecule is O=C([O-])CNC(=O)C(=O)[O-]. The molecule has 0 spiro atoms. The highest BCUT2D eigenvalue weighted by molar-refractivity contribution is 6.30. The molecule has 0 rings (SSSR count). The van der Waals surface area contributed by atoms with Crippen molar-refractivity contribution in [1.29, 1.82) is 0 Å². The van der Waals surface area contributed by atoms with Crippen LogP contribution in [0.2, 0.25) is 0 Å². The molecule has 6 heteroatoms. The van der Waals surface area contributed by atoms with Gasteiger partial charge < -0.3 is 25.1 Å². The van der Waals surface area contributed by atoms with E-state index in [4.69, 9.17) is 0 Å². The summed E-state index contributed by atoms with van der Waals surface area (Å²) in [7, 11) is 0. The quantitative estimate of drug-likeness (QED) is 0.394. The number of hydrogen-bond acceptors (Lipinski definition) is 5. The van der Waals surface area contributed by atoms with E-state index in [-0.39, 0.29) is 0 Å². The first kappa shape index (κ1) is 8.41. The molecule has 0 unspecified atom stereocenters. The summed E-state index contributed by atoms with van der Waals surface area (Å²) < 4.78 is 0. The second-order valence-electron chi connectivity index (χ2n) is 1.34. The molecule has 0 aromatic carbocycles. The van der Waals surface area contributed by atoms with E-state index in [9.17, 15) is 24.6 Å². The van der Waals surface area contributed by atoms with Gasteiger partial charge in [-0.2, -0.15) is 0 Å². The smallest absolute Gasteiger partial charge is 0.267 e. The van der Waals surface area contributed by atoms with Crippen molar-refractivity contribution in [3.8, 4) is 0 Å². The molecule has 1 N–H and O–H groups in total. The third-order valence-corrected chi connectivity index (χ3v) is 0.579. The Hall–Kier alpha value is -1.59. The summed E-state index contributed by atoms with van der Waals surface area (Å²) in [5.41, 5.74) is 0. The van der Waals surface area contributed by atoms with Crippen LogP contribution in [-0.2, 0) is 14.4 Å². The maximum absolute atomic E-state index is 9.98. The van der Waals surface area contributed by atoms with Crippen LogP contribution in [0.5, 0.6) is 0 Å². The van der Waals surface area contributed by atoms with Crippen LogP contribution >= 0.6 is 0 Å². The van der Waals surface area contributed by atoms with Crippen LogP contribution in [0.25, 0.3) is 0 Å². The molecule has 0 aliphatic carbocycles. The fourth-order valence-electron chi connectivity index (χ4n) is 0.225. The average molecular weight is 145 g/mol. The summed E-state index contributed by atoms with van der Waals surface area (Å²) >= 11 is 0. The molecule has 0 atom stereocenters. The van der Waals surface area contributed by atoms with Gasteiger partial charge in [0.2, 0.25) is 0 Å². The van der Waals surface area contributed by atoms with Crippen molar-refractivity contribution in [2.24, 2.45) is 0 Å². The zero-order valence-corrected chi connectivity index (χ0v) is 4.75. The van der Waals surface area contributed by atoms with Crippen LogP contribution in [-0.4, -0.2) is 24.4 Å². The summed E-state index contributed by atoms with van der Waals surface area (Å²) in [5, 5.41) is 20.7. The molecule has 0 heterocycles. The number of nitrogens with one attached hydrogen (secondary N) is 1. The van der Waals surface area contributed by atoms with Gasteiger partial charge in [-0.1, -0.05) is 0 Å². The zero-order chi connectivity index (χ0) is 8.15. The monoisotopic (exact) mass is 145 g/mol. The molecule has 0 radical (unpaired) electrons. The highest BCUT2D eigenvalue weighted by Gasteiger charge is 1.98. The van der Waals surface area contributed by atoms with Gasteiger partial charge in [0.15, 0.2) is 0 Å². The van der Waals surface area contributed by atoms with Crippen LogP contribution in [0.1, 0.15) is 0 Å². The van der Waals surface area contributed by atoms with Gasteiger partial charge in [0.1, 0.15) is 5.97 Å². The van der Waals surface area contributed by atoms with Gasteiger partial charge >= 0.3 is 0 Å². The highest BCUT2D eigenvalue weighted by Crippen LogP contribution is 1.60. The van der Waals surface area contributed by atoms with Crippen molar-refractivity contribution in [2.45, 2.75) is 0 Å². The van der Waals surface area contributed by atoms with Gasteiger partial charge in [0, 0.05) is 0 Å². The number of rotatable bonds is 2. The molecule has 0 saturated carbocycles. The van der Waals surface area contributed by atoms with E-state index in [0.717, 1.165) is 0 Å². The lowest BCUT2D eigenvalue weighted by Gasteiger charge is -2.04. The standard InChI is InChI=1S/C4H5NO5/c6-2(7)1-5-3(8)4(9)10/h1H2,(H,5,8)(H,6,7)(H,9,10)/p-2.